The molecule has 2 aliphatic rings. The molecule has 0 radical (unpaired) electrons. The molecule has 1 aromatic rings. The summed E-state index contributed by atoms with van der Waals surface area (Å²) in [7, 11) is 0. The molecule has 0 bridgehead atoms. The van der Waals surface area contributed by atoms with Crippen LogP contribution >= 0.6 is 23.4 Å². The van der Waals surface area contributed by atoms with Crippen molar-refractivity contribution in [2.24, 2.45) is 0 Å². The summed E-state index contributed by atoms with van der Waals surface area (Å²) in [6.07, 6.45) is 0. The van der Waals surface area contributed by atoms with E-state index < -0.39 is 0 Å². The third-order valence-corrected chi connectivity index (χ3v) is 3.92. The summed E-state index contributed by atoms with van der Waals surface area (Å²) in [6, 6.07) is 0. The van der Waals surface area contributed by atoms with E-state index in [0.29, 0.717) is 29.6 Å². The molecule has 0 amide bonds. The van der Waals surface area contributed by atoms with Crippen molar-refractivity contribution >= 4 is 29.3 Å². The molecule has 2 aliphatic heterocycles. The van der Waals surface area contributed by atoms with Crippen molar-refractivity contribution in [1.82, 2.24) is 15.0 Å². The molecule has 0 N–H and O–H groups in total. The van der Waals surface area contributed by atoms with E-state index in [2.05, 4.69) is 19.9 Å². The van der Waals surface area contributed by atoms with Gasteiger partial charge in [-0.2, -0.15) is 15.0 Å². The molecule has 2 fully saturated rings. The van der Waals surface area contributed by atoms with E-state index in [9.17, 15) is 0 Å². The van der Waals surface area contributed by atoms with E-state index in [1.165, 1.54) is 0 Å². The first kappa shape index (κ1) is 12.4. The fourth-order valence-electron chi connectivity index (χ4n) is 1.71. The SMILES string of the molecule is Clc1nc(SC2COC2)nc(N2CCOCC2)n1. The standard InChI is InChI=1S/C10H13ClN4O2S/c11-8-12-9(15-1-3-16-4-2-15)14-10(13-8)18-7-5-17-6-7/h7H,1-6H2. The summed E-state index contributed by atoms with van der Waals surface area (Å²) in [5.41, 5.74) is 0. The van der Waals surface area contributed by atoms with Crippen molar-refractivity contribution in [1.29, 1.82) is 0 Å². The van der Waals surface area contributed by atoms with Gasteiger partial charge in [0.05, 0.1) is 31.7 Å². The lowest BCUT2D eigenvalue weighted by Gasteiger charge is -2.27. The van der Waals surface area contributed by atoms with Crippen LogP contribution in [0.5, 0.6) is 0 Å². The number of ether oxygens (including phenoxy) is 2. The summed E-state index contributed by atoms with van der Waals surface area (Å²) >= 11 is 7.54. The van der Waals surface area contributed by atoms with E-state index in [4.69, 9.17) is 21.1 Å². The minimum Gasteiger partial charge on any atom is -0.379 e. The summed E-state index contributed by atoms with van der Waals surface area (Å²) in [4.78, 5) is 14.8. The lowest BCUT2D eigenvalue weighted by molar-refractivity contribution is 0.0454. The number of anilines is 1. The molecule has 3 heterocycles. The molecule has 6 nitrogen and oxygen atoms in total. The summed E-state index contributed by atoms with van der Waals surface area (Å²) in [6.45, 7) is 4.47. The molecule has 0 aliphatic carbocycles. The highest BCUT2D eigenvalue weighted by Gasteiger charge is 2.23. The topological polar surface area (TPSA) is 60.4 Å². The second kappa shape index (κ2) is 5.56. The normalized spacial score (nSPS) is 20.8. The molecular weight excluding hydrogens is 276 g/mol. The van der Waals surface area contributed by atoms with Crippen molar-refractivity contribution in [2.75, 3.05) is 44.4 Å². The van der Waals surface area contributed by atoms with Gasteiger partial charge in [-0.05, 0) is 11.6 Å². The third kappa shape index (κ3) is 2.85. The van der Waals surface area contributed by atoms with Crippen molar-refractivity contribution in [2.45, 2.75) is 10.4 Å². The number of hydrogen-bond acceptors (Lipinski definition) is 7. The second-order valence-electron chi connectivity index (χ2n) is 4.06. The zero-order valence-corrected chi connectivity index (χ0v) is 11.3. The van der Waals surface area contributed by atoms with Crippen molar-refractivity contribution < 1.29 is 9.47 Å². The minimum absolute atomic E-state index is 0.245. The number of halogens is 1. The van der Waals surface area contributed by atoms with Gasteiger partial charge < -0.3 is 14.4 Å². The maximum Gasteiger partial charge on any atom is 0.230 e. The highest BCUT2D eigenvalue weighted by molar-refractivity contribution is 7.99. The molecule has 0 spiro atoms. The minimum atomic E-state index is 0.245. The van der Waals surface area contributed by atoms with E-state index >= 15 is 0 Å². The smallest absolute Gasteiger partial charge is 0.230 e. The predicted octanol–water partition coefficient (Wildman–Crippen LogP) is 0.853. The molecule has 1 aromatic heterocycles. The van der Waals surface area contributed by atoms with Crippen LogP contribution in [-0.4, -0.2) is 59.7 Å². The molecule has 2 saturated heterocycles. The Bertz CT molecular complexity index is 426. The van der Waals surface area contributed by atoms with Crippen molar-refractivity contribution in [3.05, 3.63) is 5.28 Å². The van der Waals surface area contributed by atoms with Crippen LogP contribution in [-0.2, 0) is 9.47 Å². The monoisotopic (exact) mass is 288 g/mol. The molecule has 18 heavy (non-hydrogen) atoms. The first-order chi connectivity index (χ1) is 8.81. The highest BCUT2D eigenvalue weighted by Crippen LogP contribution is 2.27. The van der Waals surface area contributed by atoms with Crippen LogP contribution in [0.4, 0.5) is 5.95 Å². The molecule has 0 aromatic carbocycles. The Morgan fingerprint density at radius 3 is 2.56 bits per heavy atom. The quantitative estimate of drug-likeness (QED) is 0.817. The molecule has 98 valence electrons. The molecule has 3 rings (SSSR count). The fourth-order valence-corrected chi connectivity index (χ4v) is 2.82. The number of nitrogens with zero attached hydrogens (tertiary/aromatic N) is 4. The van der Waals surface area contributed by atoms with Gasteiger partial charge in [0.1, 0.15) is 0 Å². The second-order valence-corrected chi connectivity index (χ2v) is 5.67. The van der Waals surface area contributed by atoms with Gasteiger partial charge in [-0.15, -0.1) is 0 Å². The van der Waals surface area contributed by atoms with Crippen LogP contribution in [0.3, 0.4) is 0 Å². The first-order valence-corrected chi connectivity index (χ1v) is 7.06. The summed E-state index contributed by atoms with van der Waals surface area (Å²) in [5.74, 6) is 0.640. The molecule has 0 saturated carbocycles. The Morgan fingerprint density at radius 1 is 1.11 bits per heavy atom. The molecule has 0 atom stereocenters. The number of thioether (sulfide) groups is 1. The zero-order valence-electron chi connectivity index (χ0n) is 9.71. The van der Waals surface area contributed by atoms with Crippen molar-refractivity contribution in [3.8, 4) is 0 Å². The van der Waals surface area contributed by atoms with Gasteiger partial charge in [-0.25, -0.2) is 0 Å². The predicted molar refractivity (Wildman–Crippen MR) is 68.3 cm³/mol. The Hall–Kier alpha value is -0.630. The molecule has 8 heteroatoms. The van der Waals surface area contributed by atoms with E-state index in [0.717, 1.165) is 26.3 Å². The number of morpholine rings is 1. The van der Waals surface area contributed by atoms with Gasteiger partial charge in [-0.3, -0.25) is 0 Å². The van der Waals surface area contributed by atoms with Crippen molar-refractivity contribution in [3.63, 3.8) is 0 Å². The molecule has 0 unspecified atom stereocenters. The average molecular weight is 289 g/mol. The number of aromatic nitrogens is 3. The Kier molecular flexibility index (Phi) is 3.83. The third-order valence-electron chi connectivity index (χ3n) is 2.75. The van der Waals surface area contributed by atoms with Crippen LogP contribution in [0, 0.1) is 0 Å². The number of rotatable bonds is 3. The van der Waals surface area contributed by atoms with Gasteiger partial charge in [0, 0.05) is 13.1 Å². The van der Waals surface area contributed by atoms with E-state index in [1.807, 2.05) is 0 Å². The van der Waals surface area contributed by atoms with Gasteiger partial charge in [-0.1, -0.05) is 11.8 Å². The Labute approximate surface area is 114 Å². The number of hydrogen-bond donors (Lipinski definition) is 0. The maximum atomic E-state index is 5.95. The Morgan fingerprint density at radius 2 is 1.89 bits per heavy atom. The van der Waals surface area contributed by atoms with Gasteiger partial charge in [0.25, 0.3) is 0 Å². The van der Waals surface area contributed by atoms with Crippen LogP contribution in [0.2, 0.25) is 5.28 Å². The summed E-state index contributed by atoms with van der Waals surface area (Å²) in [5, 5.41) is 1.35. The van der Waals surface area contributed by atoms with E-state index in [1.54, 1.807) is 11.8 Å². The lowest BCUT2D eigenvalue weighted by Crippen LogP contribution is -2.37. The first-order valence-electron chi connectivity index (χ1n) is 5.80. The maximum absolute atomic E-state index is 5.95. The zero-order chi connectivity index (χ0) is 12.4. The molecular formula is C10H13ClN4O2S. The van der Waals surface area contributed by atoms with Crippen LogP contribution < -0.4 is 4.90 Å². The average Bonchev–Trinajstić information content (AvgIpc) is 2.34. The van der Waals surface area contributed by atoms with Gasteiger partial charge >= 0.3 is 0 Å². The fraction of sp³-hybridized carbons (Fsp3) is 0.700. The van der Waals surface area contributed by atoms with Gasteiger partial charge in [0.2, 0.25) is 11.2 Å². The van der Waals surface area contributed by atoms with E-state index in [-0.39, 0.29) is 5.28 Å². The van der Waals surface area contributed by atoms with Crippen LogP contribution in [0.1, 0.15) is 0 Å². The Balaban J connectivity index is 1.75. The lowest BCUT2D eigenvalue weighted by atomic mass is 10.4. The summed E-state index contributed by atoms with van der Waals surface area (Å²) < 4.78 is 10.4. The highest BCUT2D eigenvalue weighted by atomic mass is 35.5. The largest absolute Gasteiger partial charge is 0.379 e. The van der Waals surface area contributed by atoms with Crippen LogP contribution in [0.15, 0.2) is 5.16 Å². The van der Waals surface area contributed by atoms with Gasteiger partial charge in [0.15, 0.2) is 5.16 Å². The van der Waals surface area contributed by atoms with Crippen LogP contribution in [0.25, 0.3) is 0 Å².